The molecule has 1 rings (SSSR count). The largest absolute Gasteiger partial charge is 0.295 e. The van der Waals surface area contributed by atoms with Gasteiger partial charge in [-0.15, -0.1) is 0 Å². The Kier molecular flexibility index (Phi) is 4.78. The van der Waals surface area contributed by atoms with E-state index in [9.17, 15) is 0 Å². The quantitative estimate of drug-likeness (QED) is 0.831. The average Bonchev–Trinajstić information content (AvgIpc) is 2.56. The molecule has 0 unspecified atom stereocenters. The summed E-state index contributed by atoms with van der Waals surface area (Å²) in [6, 6.07) is 0. The fourth-order valence-corrected chi connectivity index (χ4v) is 2.44. The van der Waals surface area contributed by atoms with Gasteiger partial charge in [0.05, 0.1) is 15.9 Å². The van der Waals surface area contributed by atoms with Crippen molar-refractivity contribution in [3.05, 3.63) is 15.9 Å². The van der Waals surface area contributed by atoms with Gasteiger partial charge in [0.15, 0.2) is 0 Å². The number of aryl methyl sites for hydroxylation is 2. The molecular weight excluding hydrogens is 278 g/mol. The molecule has 0 atom stereocenters. The van der Waals surface area contributed by atoms with Crippen molar-refractivity contribution < 1.29 is 0 Å². The van der Waals surface area contributed by atoms with Gasteiger partial charge < -0.3 is 0 Å². The van der Waals surface area contributed by atoms with Crippen LogP contribution in [0.25, 0.3) is 0 Å². The average molecular weight is 302 g/mol. The van der Waals surface area contributed by atoms with E-state index < -0.39 is 0 Å². The number of rotatable bonds is 5. The fraction of sp³-hybridized carbons (Fsp3) is 0.769. The van der Waals surface area contributed by atoms with Crippen molar-refractivity contribution in [1.29, 1.82) is 0 Å². The van der Waals surface area contributed by atoms with E-state index in [4.69, 9.17) is 0 Å². The molecule has 0 spiro atoms. The molecule has 0 N–H and O–H groups in total. The van der Waals surface area contributed by atoms with Crippen LogP contribution < -0.4 is 0 Å². The Morgan fingerprint density at radius 3 is 2.35 bits per heavy atom. The van der Waals surface area contributed by atoms with Crippen molar-refractivity contribution in [2.75, 3.05) is 7.05 Å². The minimum absolute atomic E-state index is 0.218. The lowest BCUT2D eigenvalue weighted by Crippen LogP contribution is -2.40. The van der Waals surface area contributed by atoms with Crippen LogP contribution in [0.2, 0.25) is 0 Å². The topological polar surface area (TPSA) is 21.1 Å². The van der Waals surface area contributed by atoms with Crippen LogP contribution in [0.1, 0.15) is 45.5 Å². The van der Waals surface area contributed by atoms with Crippen LogP contribution in [-0.2, 0) is 20.0 Å². The number of aromatic nitrogens is 2. The fourth-order valence-electron chi connectivity index (χ4n) is 1.70. The van der Waals surface area contributed by atoms with Gasteiger partial charge in [-0.05, 0) is 49.7 Å². The second kappa shape index (κ2) is 5.53. The molecule has 0 radical (unpaired) electrons. The van der Waals surface area contributed by atoms with E-state index >= 15 is 0 Å². The van der Waals surface area contributed by atoms with Gasteiger partial charge in [0.1, 0.15) is 0 Å². The Labute approximate surface area is 113 Å². The van der Waals surface area contributed by atoms with Gasteiger partial charge in [-0.2, -0.15) is 5.10 Å². The van der Waals surface area contributed by atoms with E-state index in [1.807, 2.05) is 11.7 Å². The van der Waals surface area contributed by atoms with Crippen LogP contribution in [0.5, 0.6) is 0 Å². The molecule has 0 aliphatic carbocycles. The van der Waals surface area contributed by atoms with Gasteiger partial charge in [-0.3, -0.25) is 9.58 Å². The Bertz CT molecular complexity index is 382. The van der Waals surface area contributed by atoms with E-state index in [1.54, 1.807) is 0 Å². The summed E-state index contributed by atoms with van der Waals surface area (Å²) in [5.74, 6) is 0. The Balaban J connectivity index is 2.92. The summed E-state index contributed by atoms with van der Waals surface area (Å²) in [5, 5.41) is 4.53. The van der Waals surface area contributed by atoms with Crippen LogP contribution in [0, 0.1) is 0 Å². The number of halogens is 1. The summed E-state index contributed by atoms with van der Waals surface area (Å²) in [7, 11) is 4.20. The molecule has 98 valence electrons. The Hall–Kier alpha value is -0.350. The predicted octanol–water partition coefficient (Wildman–Crippen LogP) is 3.37. The zero-order valence-corrected chi connectivity index (χ0v) is 13.4. The van der Waals surface area contributed by atoms with Gasteiger partial charge in [0, 0.05) is 19.1 Å². The second-order valence-corrected chi connectivity index (χ2v) is 6.00. The summed E-state index contributed by atoms with van der Waals surface area (Å²) in [4.78, 5) is 2.38. The maximum atomic E-state index is 4.53. The van der Waals surface area contributed by atoms with Gasteiger partial charge >= 0.3 is 0 Å². The summed E-state index contributed by atoms with van der Waals surface area (Å²) in [5.41, 5.74) is 2.62. The molecule has 0 fully saturated rings. The molecule has 1 heterocycles. The highest BCUT2D eigenvalue weighted by molar-refractivity contribution is 9.10. The monoisotopic (exact) mass is 301 g/mol. The molecule has 4 heteroatoms. The first-order valence-electron chi connectivity index (χ1n) is 6.25. The van der Waals surface area contributed by atoms with Crippen molar-refractivity contribution in [2.24, 2.45) is 7.05 Å². The first kappa shape index (κ1) is 14.7. The molecule has 0 saturated carbocycles. The van der Waals surface area contributed by atoms with Crippen LogP contribution >= 0.6 is 15.9 Å². The lowest BCUT2D eigenvalue weighted by atomic mass is 10.00. The molecule has 0 aliphatic heterocycles. The number of nitrogens with zero attached hydrogens (tertiary/aromatic N) is 3. The number of hydrogen-bond donors (Lipinski definition) is 0. The highest BCUT2D eigenvalue weighted by atomic mass is 79.9. The third kappa shape index (κ3) is 3.10. The molecule has 17 heavy (non-hydrogen) atoms. The molecule has 0 aliphatic rings. The van der Waals surface area contributed by atoms with Crippen LogP contribution in [0.15, 0.2) is 4.47 Å². The highest BCUT2D eigenvalue weighted by Gasteiger charge is 2.23. The molecule has 3 nitrogen and oxygen atoms in total. The first-order valence-corrected chi connectivity index (χ1v) is 7.04. The lowest BCUT2D eigenvalue weighted by Gasteiger charge is -2.34. The lowest BCUT2D eigenvalue weighted by molar-refractivity contribution is 0.139. The minimum atomic E-state index is 0.218. The Morgan fingerprint density at radius 1 is 1.35 bits per heavy atom. The van der Waals surface area contributed by atoms with Crippen LogP contribution in [-0.4, -0.2) is 27.3 Å². The van der Waals surface area contributed by atoms with E-state index in [0.717, 1.165) is 25.1 Å². The van der Waals surface area contributed by atoms with Crippen molar-refractivity contribution in [1.82, 2.24) is 14.7 Å². The molecule has 0 amide bonds. The van der Waals surface area contributed by atoms with E-state index in [1.165, 1.54) is 10.2 Å². The zero-order chi connectivity index (χ0) is 13.2. The summed E-state index contributed by atoms with van der Waals surface area (Å²) in [6.45, 7) is 9.84. The molecular formula is C13H24BrN3. The van der Waals surface area contributed by atoms with Crippen molar-refractivity contribution in [3.63, 3.8) is 0 Å². The first-order chi connectivity index (χ1) is 7.83. The third-order valence-corrected chi connectivity index (χ3v) is 4.70. The highest BCUT2D eigenvalue weighted by Crippen LogP contribution is 2.25. The van der Waals surface area contributed by atoms with Crippen molar-refractivity contribution >= 4 is 15.9 Å². The Morgan fingerprint density at radius 2 is 1.94 bits per heavy atom. The van der Waals surface area contributed by atoms with Gasteiger partial charge in [-0.1, -0.05) is 13.8 Å². The van der Waals surface area contributed by atoms with Gasteiger partial charge in [0.2, 0.25) is 0 Å². The maximum Gasteiger partial charge on any atom is 0.0767 e. The minimum Gasteiger partial charge on any atom is -0.295 e. The SMILES string of the molecule is CCc1nn(C)c(CN(C)C(C)(C)CC)c1Br. The molecule has 1 aromatic rings. The van der Waals surface area contributed by atoms with Crippen LogP contribution in [0.4, 0.5) is 0 Å². The normalized spacial score (nSPS) is 12.5. The van der Waals surface area contributed by atoms with Gasteiger partial charge in [0.25, 0.3) is 0 Å². The second-order valence-electron chi connectivity index (χ2n) is 5.21. The maximum absolute atomic E-state index is 4.53. The van der Waals surface area contributed by atoms with Crippen molar-refractivity contribution in [3.8, 4) is 0 Å². The third-order valence-electron chi connectivity index (χ3n) is 3.79. The molecule has 0 saturated heterocycles. The van der Waals surface area contributed by atoms with Crippen molar-refractivity contribution in [2.45, 2.75) is 52.6 Å². The summed E-state index contributed by atoms with van der Waals surface area (Å²) < 4.78 is 3.16. The predicted molar refractivity (Wildman–Crippen MR) is 76.1 cm³/mol. The smallest absolute Gasteiger partial charge is 0.0767 e. The zero-order valence-electron chi connectivity index (χ0n) is 11.8. The molecule has 0 bridgehead atoms. The van der Waals surface area contributed by atoms with E-state index in [-0.39, 0.29) is 5.54 Å². The molecule has 0 aromatic carbocycles. The van der Waals surface area contributed by atoms with Crippen LogP contribution in [0.3, 0.4) is 0 Å². The van der Waals surface area contributed by atoms with E-state index in [0.29, 0.717) is 0 Å². The van der Waals surface area contributed by atoms with E-state index in [2.05, 4.69) is 60.7 Å². The summed E-state index contributed by atoms with van der Waals surface area (Å²) in [6.07, 6.45) is 2.11. The number of hydrogen-bond acceptors (Lipinski definition) is 2. The standard InChI is InChI=1S/C13H24BrN3/c1-7-10-12(14)11(17(6)15-10)9-16(5)13(3,4)8-2/h7-9H2,1-6H3. The molecule has 1 aromatic heterocycles. The summed E-state index contributed by atoms with van der Waals surface area (Å²) >= 11 is 3.67. The van der Waals surface area contributed by atoms with Gasteiger partial charge in [-0.25, -0.2) is 0 Å².